The Hall–Kier alpha value is -2.67. The molecule has 7 heteroatoms. The van der Waals surface area contributed by atoms with Gasteiger partial charge >= 0.3 is 0 Å². The molecule has 1 amide bonds. The minimum absolute atomic E-state index is 0.104. The van der Waals surface area contributed by atoms with Gasteiger partial charge in [-0.25, -0.2) is 9.97 Å². The second-order valence-electron chi connectivity index (χ2n) is 6.12. The minimum Gasteiger partial charge on any atom is -0.490 e. The normalized spacial score (nSPS) is 14.9. The summed E-state index contributed by atoms with van der Waals surface area (Å²) in [4.78, 5) is 23.4. The number of aromatic nitrogens is 2. The van der Waals surface area contributed by atoms with Crippen LogP contribution in [-0.4, -0.2) is 55.3 Å². The molecule has 0 bridgehead atoms. The lowest BCUT2D eigenvalue weighted by atomic mass is 10.0. The maximum Gasteiger partial charge on any atom is 0.255 e. The van der Waals surface area contributed by atoms with E-state index in [0.717, 1.165) is 31.9 Å². The molecular formula is C19H24N4O3. The first-order valence-electron chi connectivity index (χ1n) is 8.81. The van der Waals surface area contributed by atoms with Crippen LogP contribution in [0.1, 0.15) is 23.2 Å². The quantitative estimate of drug-likeness (QED) is 0.764. The van der Waals surface area contributed by atoms with E-state index >= 15 is 0 Å². The Kier molecular flexibility index (Phi) is 6.38. The van der Waals surface area contributed by atoms with Gasteiger partial charge in [-0.15, -0.1) is 0 Å². The number of methoxy groups -OCH3 is 1. The van der Waals surface area contributed by atoms with Crippen LogP contribution in [0.15, 0.2) is 42.7 Å². The monoisotopic (exact) mass is 356 g/mol. The van der Waals surface area contributed by atoms with Crippen molar-refractivity contribution in [2.75, 3.05) is 38.3 Å². The largest absolute Gasteiger partial charge is 0.490 e. The Morgan fingerprint density at radius 2 is 1.88 bits per heavy atom. The Morgan fingerprint density at radius 1 is 1.15 bits per heavy atom. The number of rotatable bonds is 7. The number of hydrogen-bond donors (Lipinski definition) is 1. The molecule has 1 aromatic heterocycles. The lowest BCUT2D eigenvalue weighted by molar-refractivity contribution is 0.0923. The van der Waals surface area contributed by atoms with Gasteiger partial charge in [-0.3, -0.25) is 4.79 Å². The van der Waals surface area contributed by atoms with E-state index in [1.54, 1.807) is 31.6 Å². The maximum atomic E-state index is 12.7. The summed E-state index contributed by atoms with van der Waals surface area (Å²) in [5.41, 5.74) is 0.553. The first kappa shape index (κ1) is 18.1. The fourth-order valence-corrected chi connectivity index (χ4v) is 2.96. The van der Waals surface area contributed by atoms with Crippen molar-refractivity contribution in [2.24, 2.45) is 0 Å². The molecule has 26 heavy (non-hydrogen) atoms. The van der Waals surface area contributed by atoms with E-state index in [-0.39, 0.29) is 11.9 Å². The summed E-state index contributed by atoms with van der Waals surface area (Å²) in [6.07, 6.45) is 5.21. The fourth-order valence-electron chi connectivity index (χ4n) is 2.96. The summed E-state index contributed by atoms with van der Waals surface area (Å²) in [6.45, 7) is 2.54. The van der Waals surface area contributed by atoms with Crippen LogP contribution in [-0.2, 0) is 4.74 Å². The minimum atomic E-state index is -0.104. The number of carbonyl (C=O) groups is 1. The van der Waals surface area contributed by atoms with Gasteiger partial charge in [0.1, 0.15) is 12.4 Å². The first-order valence-corrected chi connectivity index (χ1v) is 8.81. The van der Waals surface area contributed by atoms with Crippen LogP contribution in [0, 0.1) is 0 Å². The van der Waals surface area contributed by atoms with Crippen LogP contribution in [0.4, 0.5) is 5.95 Å². The van der Waals surface area contributed by atoms with Crippen LogP contribution in [0.2, 0.25) is 0 Å². The highest BCUT2D eigenvalue weighted by atomic mass is 16.5. The van der Waals surface area contributed by atoms with Crippen LogP contribution >= 0.6 is 0 Å². The number of amides is 1. The molecule has 1 aliphatic rings. The summed E-state index contributed by atoms with van der Waals surface area (Å²) in [5, 5.41) is 3.12. The average molecular weight is 356 g/mol. The van der Waals surface area contributed by atoms with Crippen molar-refractivity contribution >= 4 is 11.9 Å². The second kappa shape index (κ2) is 9.15. The average Bonchev–Trinajstić information content (AvgIpc) is 2.70. The topological polar surface area (TPSA) is 76.6 Å². The zero-order valence-corrected chi connectivity index (χ0v) is 14.9. The molecule has 1 aliphatic heterocycles. The van der Waals surface area contributed by atoms with Crippen molar-refractivity contribution < 1.29 is 14.3 Å². The summed E-state index contributed by atoms with van der Waals surface area (Å²) >= 11 is 0. The van der Waals surface area contributed by atoms with E-state index < -0.39 is 0 Å². The summed E-state index contributed by atoms with van der Waals surface area (Å²) in [5.74, 6) is 1.22. The third-order valence-electron chi connectivity index (χ3n) is 4.34. The summed E-state index contributed by atoms with van der Waals surface area (Å²) in [6, 6.07) is 9.23. The highest BCUT2D eigenvalue weighted by Gasteiger charge is 2.23. The molecule has 3 rings (SSSR count). The Labute approximate surface area is 153 Å². The van der Waals surface area contributed by atoms with Gasteiger partial charge in [-0.2, -0.15) is 0 Å². The fraction of sp³-hybridized carbons (Fsp3) is 0.421. The highest BCUT2D eigenvalue weighted by molar-refractivity contribution is 5.97. The maximum absolute atomic E-state index is 12.7. The van der Waals surface area contributed by atoms with E-state index in [1.165, 1.54) is 0 Å². The van der Waals surface area contributed by atoms with Crippen molar-refractivity contribution in [3.63, 3.8) is 0 Å². The van der Waals surface area contributed by atoms with Gasteiger partial charge in [0.2, 0.25) is 5.95 Å². The van der Waals surface area contributed by atoms with Crippen molar-refractivity contribution in [3.05, 3.63) is 48.3 Å². The predicted molar refractivity (Wildman–Crippen MR) is 98.5 cm³/mol. The number of carbonyl (C=O) groups excluding carboxylic acids is 1. The van der Waals surface area contributed by atoms with Crippen LogP contribution in [0.3, 0.4) is 0 Å². The van der Waals surface area contributed by atoms with Gasteiger partial charge < -0.3 is 19.7 Å². The van der Waals surface area contributed by atoms with E-state index in [2.05, 4.69) is 20.2 Å². The molecular weight excluding hydrogens is 332 g/mol. The number of piperidine rings is 1. The molecule has 2 aromatic rings. The Balaban J connectivity index is 1.54. The number of para-hydroxylation sites is 1. The molecule has 1 fully saturated rings. The molecule has 0 unspecified atom stereocenters. The Bertz CT molecular complexity index is 703. The third-order valence-corrected chi connectivity index (χ3v) is 4.34. The first-order chi connectivity index (χ1) is 12.8. The molecule has 0 spiro atoms. The summed E-state index contributed by atoms with van der Waals surface area (Å²) in [7, 11) is 1.62. The molecule has 0 saturated carbocycles. The number of nitrogens with one attached hydrogen (secondary N) is 1. The number of ether oxygens (including phenoxy) is 2. The van der Waals surface area contributed by atoms with Gasteiger partial charge in [0.05, 0.1) is 12.2 Å². The molecule has 7 nitrogen and oxygen atoms in total. The van der Waals surface area contributed by atoms with Gasteiger partial charge in [-0.1, -0.05) is 12.1 Å². The molecule has 2 heterocycles. The van der Waals surface area contributed by atoms with Crippen molar-refractivity contribution in [1.29, 1.82) is 0 Å². The van der Waals surface area contributed by atoms with E-state index in [9.17, 15) is 4.79 Å². The molecule has 0 radical (unpaired) electrons. The number of benzene rings is 1. The van der Waals surface area contributed by atoms with E-state index in [4.69, 9.17) is 9.47 Å². The highest BCUT2D eigenvalue weighted by Crippen LogP contribution is 2.20. The smallest absolute Gasteiger partial charge is 0.255 e. The van der Waals surface area contributed by atoms with Crippen molar-refractivity contribution in [1.82, 2.24) is 15.3 Å². The zero-order chi connectivity index (χ0) is 18.2. The number of hydrogen-bond acceptors (Lipinski definition) is 6. The van der Waals surface area contributed by atoms with Crippen molar-refractivity contribution in [2.45, 2.75) is 18.9 Å². The second-order valence-corrected chi connectivity index (χ2v) is 6.12. The van der Waals surface area contributed by atoms with Crippen LogP contribution in [0.5, 0.6) is 5.75 Å². The van der Waals surface area contributed by atoms with Gasteiger partial charge in [0.15, 0.2) is 0 Å². The lowest BCUT2D eigenvalue weighted by Gasteiger charge is -2.32. The SMILES string of the molecule is COCCOc1ccccc1C(=O)NC1CCN(c2ncccn2)CC1. The Morgan fingerprint density at radius 3 is 2.62 bits per heavy atom. The molecule has 1 saturated heterocycles. The molecule has 138 valence electrons. The molecule has 0 aliphatic carbocycles. The zero-order valence-electron chi connectivity index (χ0n) is 14.9. The lowest BCUT2D eigenvalue weighted by Crippen LogP contribution is -2.45. The molecule has 1 aromatic carbocycles. The number of nitrogens with zero attached hydrogens (tertiary/aromatic N) is 3. The third kappa shape index (κ3) is 4.70. The standard InChI is InChI=1S/C19H24N4O3/c1-25-13-14-26-17-6-3-2-5-16(17)18(24)22-15-7-11-23(12-8-15)19-20-9-4-10-21-19/h2-6,9-10,15H,7-8,11-14H2,1H3,(H,22,24). The predicted octanol–water partition coefficient (Wildman–Crippen LogP) is 1.90. The van der Waals surface area contributed by atoms with E-state index in [1.807, 2.05) is 18.2 Å². The van der Waals surface area contributed by atoms with Crippen molar-refractivity contribution in [3.8, 4) is 5.75 Å². The van der Waals surface area contributed by atoms with Gasteiger partial charge in [0.25, 0.3) is 5.91 Å². The van der Waals surface area contributed by atoms with Crippen LogP contribution in [0.25, 0.3) is 0 Å². The van der Waals surface area contributed by atoms with Gasteiger partial charge in [0, 0.05) is 38.6 Å². The number of anilines is 1. The van der Waals surface area contributed by atoms with E-state index in [0.29, 0.717) is 24.5 Å². The molecule has 0 atom stereocenters. The molecule has 1 N–H and O–H groups in total. The summed E-state index contributed by atoms with van der Waals surface area (Å²) < 4.78 is 10.6. The van der Waals surface area contributed by atoms with Gasteiger partial charge in [-0.05, 0) is 31.0 Å². The van der Waals surface area contributed by atoms with Crippen LogP contribution < -0.4 is 15.0 Å².